The van der Waals surface area contributed by atoms with E-state index in [1.54, 1.807) is 0 Å². The van der Waals surface area contributed by atoms with E-state index in [2.05, 4.69) is 16.4 Å². The monoisotopic (exact) mass is 615 g/mol. The van der Waals surface area contributed by atoms with E-state index in [0.29, 0.717) is 30.2 Å². The van der Waals surface area contributed by atoms with Crippen LogP contribution in [0, 0.1) is 5.82 Å². The molecule has 0 spiro atoms. The number of hydrogen-bond donors (Lipinski definition) is 0. The molecule has 5 nitrogen and oxygen atoms in total. The van der Waals surface area contributed by atoms with Gasteiger partial charge in [-0.1, -0.05) is 86.1 Å². The molecule has 232 valence electrons. The number of nitrogens with zero attached hydrogens (tertiary/aromatic N) is 3. The third-order valence-corrected chi connectivity index (χ3v) is 7.85. The van der Waals surface area contributed by atoms with E-state index in [4.69, 9.17) is 14.5 Å². The standard InChI is InChI=1S/C36H33F4N3O2/c1-2-3-18-43-31(34(27-10-6-4-7-11-27)41-35(43)28-12-8-5-9-13-28)23-42(22-26-15-17-32-33(20-26)45-24-44-32)21-25-14-16-30(37)29(19-25)36(38,39)40/h4-17,19-20H,2-3,18,21-24H2,1H3. The highest BCUT2D eigenvalue weighted by Crippen LogP contribution is 2.36. The number of unbranched alkanes of at least 4 members (excludes halogenated alkanes) is 1. The minimum Gasteiger partial charge on any atom is -0.454 e. The Balaban J connectivity index is 1.45. The number of alkyl halides is 3. The molecule has 2 heterocycles. The molecule has 1 aliphatic heterocycles. The van der Waals surface area contributed by atoms with Gasteiger partial charge in [0.15, 0.2) is 11.5 Å². The first-order chi connectivity index (χ1) is 21.8. The van der Waals surface area contributed by atoms with E-state index < -0.39 is 17.6 Å². The van der Waals surface area contributed by atoms with Crippen LogP contribution >= 0.6 is 0 Å². The highest BCUT2D eigenvalue weighted by molar-refractivity contribution is 5.68. The number of imidazole rings is 1. The first kappa shape index (κ1) is 30.4. The summed E-state index contributed by atoms with van der Waals surface area (Å²) in [6, 6.07) is 28.8. The molecule has 0 bridgehead atoms. The van der Waals surface area contributed by atoms with Gasteiger partial charge in [0, 0.05) is 37.3 Å². The quantitative estimate of drug-likeness (QED) is 0.139. The number of fused-ring (bicyclic) bond motifs is 1. The maximum Gasteiger partial charge on any atom is 0.419 e. The summed E-state index contributed by atoms with van der Waals surface area (Å²) in [5.41, 5.74) is 3.68. The van der Waals surface area contributed by atoms with Gasteiger partial charge in [0.25, 0.3) is 0 Å². The Morgan fingerprint density at radius 1 is 0.778 bits per heavy atom. The van der Waals surface area contributed by atoms with E-state index in [-0.39, 0.29) is 13.3 Å². The van der Waals surface area contributed by atoms with Gasteiger partial charge in [0.2, 0.25) is 6.79 Å². The predicted octanol–water partition coefficient (Wildman–Crippen LogP) is 9.11. The molecule has 0 saturated carbocycles. The Bertz CT molecular complexity index is 1750. The van der Waals surface area contributed by atoms with E-state index in [0.717, 1.165) is 65.4 Å². The van der Waals surface area contributed by atoms with Gasteiger partial charge in [0.05, 0.1) is 17.0 Å². The molecule has 0 N–H and O–H groups in total. The lowest BCUT2D eigenvalue weighted by Crippen LogP contribution is -2.25. The second kappa shape index (κ2) is 13.2. The summed E-state index contributed by atoms with van der Waals surface area (Å²) in [5, 5.41) is 0. The number of benzene rings is 4. The summed E-state index contributed by atoms with van der Waals surface area (Å²) in [6.45, 7) is 3.91. The smallest absolute Gasteiger partial charge is 0.419 e. The third kappa shape index (κ3) is 6.88. The zero-order valence-corrected chi connectivity index (χ0v) is 24.9. The summed E-state index contributed by atoms with van der Waals surface area (Å²) in [4.78, 5) is 7.24. The summed E-state index contributed by atoms with van der Waals surface area (Å²) in [5.74, 6) is 0.820. The van der Waals surface area contributed by atoms with Crippen LogP contribution in [0.3, 0.4) is 0 Å². The van der Waals surface area contributed by atoms with Crippen molar-refractivity contribution in [3.8, 4) is 34.1 Å². The molecule has 0 aliphatic carbocycles. The molecular formula is C36H33F4N3O2. The maximum atomic E-state index is 14.2. The molecule has 6 rings (SSSR count). The van der Waals surface area contributed by atoms with Gasteiger partial charge in [-0.3, -0.25) is 4.90 Å². The molecule has 0 amide bonds. The minimum absolute atomic E-state index is 0.137. The zero-order valence-electron chi connectivity index (χ0n) is 24.9. The van der Waals surface area contributed by atoms with Gasteiger partial charge in [-0.05, 0) is 41.8 Å². The highest BCUT2D eigenvalue weighted by atomic mass is 19.4. The molecule has 1 aromatic heterocycles. The maximum absolute atomic E-state index is 14.2. The van der Waals surface area contributed by atoms with Crippen LogP contribution < -0.4 is 9.47 Å². The summed E-state index contributed by atoms with van der Waals surface area (Å²) >= 11 is 0. The van der Waals surface area contributed by atoms with E-state index >= 15 is 0 Å². The summed E-state index contributed by atoms with van der Waals surface area (Å²) in [6.07, 6.45) is -2.90. The molecule has 0 unspecified atom stereocenters. The lowest BCUT2D eigenvalue weighted by Gasteiger charge is -2.25. The van der Waals surface area contributed by atoms with Crippen LogP contribution in [0.5, 0.6) is 11.5 Å². The lowest BCUT2D eigenvalue weighted by atomic mass is 10.1. The van der Waals surface area contributed by atoms with Gasteiger partial charge < -0.3 is 14.0 Å². The number of aromatic nitrogens is 2. The van der Waals surface area contributed by atoms with Crippen LogP contribution in [0.4, 0.5) is 17.6 Å². The van der Waals surface area contributed by atoms with Crippen molar-refractivity contribution < 1.29 is 27.0 Å². The third-order valence-electron chi connectivity index (χ3n) is 7.85. The Morgan fingerprint density at radius 2 is 1.42 bits per heavy atom. The number of halogens is 4. The molecular weight excluding hydrogens is 582 g/mol. The van der Waals surface area contributed by atoms with Crippen molar-refractivity contribution in [2.45, 2.75) is 52.1 Å². The van der Waals surface area contributed by atoms with Crippen LogP contribution in [-0.4, -0.2) is 21.2 Å². The highest BCUT2D eigenvalue weighted by Gasteiger charge is 2.34. The van der Waals surface area contributed by atoms with Gasteiger partial charge >= 0.3 is 6.18 Å². The topological polar surface area (TPSA) is 39.5 Å². The molecule has 0 saturated heterocycles. The fraction of sp³-hybridized carbons (Fsp3) is 0.250. The molecule has 5 aromatic rings. The summed E-state index contributed by atoms with van der Waals surface area (Å²) < 4.78 is 68.6. The van der Waals surface area contributed by atoms with E-state index in [1.807, 2.05) is 78.9 Å². The van der Waals surface area contributed by atoms with Crippen molar-refractivity contribution >= 4 is 0 Å². The first-order valence-corrected chi connectivity index (χ1v) is 15.0. The molecule has 45 heavy (non-hydrogen) atoms. The molecule has 4 aromatic carbocycles. The van der Waals surface area contributed by atoms with Crippen LogP contribution in [0.1, 0.15) is 42.1 Å². The van der Waals surface area contributed by atoms with Gasteiger partial charge in [-0.2, -0.15) is 13.2 Å². The second-order valence-electron chi connectivity index (χ2n) is 11.1. The molecule has 0 atom stereocenters. The van der Waals surface area contributed by atoms with E-state index in [9.17, 15) is 17.6 Å². The molecule has 0 radical (unpaired) electrons. The van der Waals surface area contributed by atoms with Crippen LogP contribution in [-0.2, 0) is 32.4 Å². The second-order valence-corrected chi connectivity index (χ2v) is 11.1. The Hall–Kier alpha value is -4.63. The Labute approximate surface area is 259 Å². The van der Waals surface area contributed by atoms with Gasteiger partial charge in [0.1, 0.15) is 11.6 Å². The normalized spacial score (nSPS) is 12.7. The molecule has 9 heteroatoms. The first-order valence-electron chi connectivity index (χ1n) is 15.0. The van der Waals surface area contributed by atoms with Crippen LogP contribution in [0.25, 0.3) is 22.6 Å². The van der Waals surface area contributed by atoms with Crippen molar-refractivity contribution in [3.05, 3.63) is 125 Å². The number of hydrogen-bond acceptors (Lipinski definition) is 4. The van der Waals surface area contributed by atoms with Crippen molar-refractivity contribution in [2.24, 2.45) is 0 Å². The number of ether oxygens (including phenoxy) is 2. The SMILES string of the molecule is CCCCn1c(-c2ccccc2)nc(-c2ccccc2)c1CN(Cc1ccc2c(c1)OCO2)Cc1ccc(F)c(C(F)(F)F)c1. The van der Waals surface area contributed by atoms with Crippen molar-refractivity contribution in [3.63, 3.8) is 0 Å². The lowest BCUT2D eigenvalue weighted by molar-refractivity contribution is -0.140. The van der Waals surface area contributed by atoms with Crippen LogP contribution in [0.2, 0.25) is 0 Å². The van der Waals surface area contributed by atoms with Crippen molar-refractivity contribution in [1.29, 1.82) is 0 Å². The zero-order chi connectivity index (χ0) is 31.4. The predicted molar refractivity (Wildman–Crippen MR) is 165 cm³/mol. The fourth-order valence-electron chi connectivity index (χ4n) is 5.66. The van der Waals surface area contributed by atoms with Gasteiger partial charge in [-0.25, -0.2) is 9.37 Å². The minimum atomic E-state index is -4.80. The molecule has 1 aliphatic rings. The fourth-order valence-corrected chi connectivity index (χ4v) is 5.66. The summed E-state index contributed by atoms with van der Waals surface area (Å²) in [7, 11) is 0. The number of rotatable bonds is 11. The van der Waals surface area contributed by atoms with Crippen LogP contribution in [0.15, 0.2) is 97.1 Å². The van der Waals surface area contributed by atoms with Crippen molar-refractivity contribution in [2.75, 3.05) is 6.79 Å². The Morgan fingerprint density at radius 3 is 2.11 bits per heavy atom. The van der Waals surface area contributed by atoms with Crippen molar-refractivity contribution in [1.82, 2.24) is 14.5 Å². The van der Waals surface area contributed by atoms with E-state index in [1.165, 1.54) is 6.07 Å². The van der Waals surface area contributed by atoms with Gasteiger partial charge in [-0.15, -0.1) is 0 Å². The molecule has 0 fully saturated rings. The Kier molecular flexibility index (Phi) is 8.89. The average molecular weight is 616 g/mol. The largest absolute Gasteiger partial charge is 0.454 e. The average Bonchev–Trinajstić information content (AvgIpc) is 3.65.